The fourth-order valence-corrected chi connectivity index (χ4v) is 7.91. The molecular formula is C49H32N4O2. The smallest absolute Gasteiger partial charge is 0.180 e. The lowest BCUT2D eigenvalue weighted by Gasteiger charge is -2.25. The van der Waals surface area contributed by atoms with Crippen LogP contribution in [0.2, 0.25) is 0 Å². The van der Waals surface area contributed by atoms with Gasteiger partial charge in [0.2, 0.25) is 0 Å². The average molecular weight is 709 g/mol. The number of nitrogens with zero attached hydrogens (tertiary/aromatic N) is 4. The number of benzene rings is 7. The predicted octanol–water partition coefficient (Wildman–Crippen LogP) is 12.1. The van der Waals surface area contributed by atoms with Crippen LogP contribution in [-0.4, -0.2) is 19.5 Å². The quantitative estimate of drug-likeness (QED) is 0.178. The normalized spacial score (nSPS) is 13.5. The standard InChI is InChI=1S/C49H32N4O2/c1-3-14-32(15-4-1)47-50-48(33-16-5-2-6-17-33)52-49(51-47)36-20-11-18-34(29-36)35-19-12-21-37(30-35)53-40-27-28-43-46(55-42-24-10-9-23-41(42)54-43)44(40)39-26-25-31-13-7-8-22-38(31)45(39)53/h1-8,11-30H,9-10H2. The van der Waals surface area contributed by atoms with Crippen LogP contribution in [0.5, 0.6) is 11.5 Å². The average Bonchev–Trinajstić information content (AvgIpc) is 3.62. The summed E-state index contributed by atoms with van der Waals surface area (Å²) in [6, 6.07) is 54.5. The third-order valence-corrected chi connectivity index (χ3v) is 10.5. The molecule has 0 spiro atoms. The van der Waals surface area contributed by atoms with Crippen molar-refractivity contribution in [3.8, 4) is 62.5 Å². The van der Waals surface area contributed by atoms with Gasteiger partial charge in [-0.2, -0.15) is 0 Å². The Kier molecular flexibility index (Phi) is 7.20. The second-order valence-electron chi connectivity index (χ2n) is 13.9. The van der Waals surface area contributed by atoms with Crippen LogP contribution in [0.1, 0.15) is 12.8 Å². The fraction of sp³-hybridized carbons (Fsp3) is 0.0408. The Bertz CT molecular complexity index is 2980. The maximum Gasteiger partial charge on any atom is 0.180 e. The Hall–Kier alpha value is -7.31. The van der Waals surface area contributed by atoms with Crippen molar-refractivity contribution in [2.45, 2.75) is 12.8 Å². The highest BCUT2D eigenvalue weighted by Gasteiger charge is 2.28. The first kappa shape index (κ1) is 31.2. The van der Waals surface area contributed by atoms with Gasteiger partial charge in [0.05, 0.1) is 16.4 Å². The number of allylic oxidation sites excluding steroid dienone is 2. The molecule has 260 valence electrons. The molecule has 9 aromatic rings. The molecule has 1 aliphatic heterocycles. The Labute approximate surface area is 317 Å². The lowest BCUT2D eigenvalue weighted by molar-refractivity contribution is 0.291. The molecule has 0 unspecified atom stereocenters. The Balaban J connectivity index is 1.07. The van der Waals surface area contributed by atoms with Crippen LogP contribution in [0.15, 0.2) is 181 Å². The summed E-state index contributed by atoms with van der Waals surface area (Å²) in [5.74, 6) is 4.98. The topological polar surface area (TPSA) is 62.1 Å². The van der Waals surface area contributed by atoms with Gasteiger partial charge in [-0.05, 0) is 71.8 Å². The molecule has 0 radical (unpaired) electrons. The zero-order chi connectivity index (χ0) is 36.3. The summed E-state index contributed by atoms with van der Waals surface area (Å²) in [4.78, 5) is 14.9. The Morgan fingerprint density at radius 3 is 1.80 bits per heavy atom. The van der Waals surface area contributed by atoms with E-state index in [1.54, 1.807) is 0 Å². The van der Waals surface area contributed by atoms with E-state index in [0.29, 0.717) is 17.5 Å². The first-order chi connectivity index (χ1) is 27.2. The minimum atomic E-state index is 0.623. The SMILES string of the molecule is C1=C2Oc3ccc4c(c3OC2=CCC1)c1ccc2ccccc2c1n4-c1cccc(-c2cccc(-c3nc(-c4ccccc4)nc(-c4ccccc4)n3)c2)c1. The van der Waals surface area contributed by atoms with E-state index in [1.165, 1.54) is 10.8 Å². The molecule has 7 aromatic carbocycles. The highest BCUT2D eigenvalue weighted by molar-refractivity contribution is 6.21. The molecule has 1 aliphatic carbocycles. The van der Waals surface area contributed by atoms with Crippen molar-refractivity contribution >= 4 is 32.6 Å². The summed E-state index contributed by atoms with van der Waals surface area (Å²) in [7, 11) is 0. The van der Waals surface area contributed by atoms with E-state index in [-0.39, 0.29) is 0 Å². The van der Waals surface area contributed by atoms with Crippen molar-refractivity contribution in [2.75, 3.05) is 0 Å². The van der Waals surface area contributed by atoms with Crippen molar-refractivity contribution < 1.29 is 9.47 Å². The van der Waals surface area contributed by atoms with Gasteiger partial charge >= 0.3 is 0 Å². The van der Waals surface area contributed by atoms with Crippen molar-refractivity contribution in [1.29, 1.82) is 0 Å². The van der Waals surface area contributed by atoms with Gasteiger partial charge in [0.1, 0.15) is 0 Å². The first-order valence-electron chi connectivity index (χ1n) is 18.6. The van der Waals surface area contributed by atoms with Gasteiger partial charge in [-0.15, -0.1) is 0 Å². The lowest BCUT2D eigenvalue weighted by Crippen LogP contribution is -2.14. The molecule has 2 aliphatic rings. The number of rotatable bonds is 5. The number of fused-ring (bicyclic) bond motifs is 8. The van der Waals surface area contributed by atoms with Crippen molar-refractivity contribution in [2.24, 2.45) is 0 Å². The first-order valence-corrected chi connectivity index (χ1v) is 18.6. The second-order valence-corrected chi connectivity index (χ2v) is 13.9. The monoisotopic (exact) mass is 708 g/mol. The summed E-state index contributed by atoms with van der Waals surface area (Å²) in [6.07, 6.45) is 6.13. The van der Waals surface area contributed by atoms with Crippen molar-refractivity contribution in [3.63, 3.8) is 0 Å². The molecule has 0 amide bonds. The minimum Gasteiger partial charge on any atom is -0.450 e. The summed E-state index contributed by atoms with van der Waals surface area (Å²) in [5, 5.41) is 4.50. The van der Waals surface area contributed by atoms with Crippen LogP contribution in [0.4, 0.5) is 0 Å². The number of aromatic nitrogens is 4. The van der Waals surface area contributed by atoms with Gasteiger partial charge in [0.15, 0.2) is 40.5 Å². The van der Waals surface area contributed by atoms with E-state index < -0.39 is 0 Å². The molecule has 11 rings (SSSR count). The van der Waals surface area contributed by atoms with Crippen LogP contribution in [0.25, 0.3) is 83.6 Å². The van der Waals surface area contributed by atoms with E-state index in [1.807, 2.05) is 66.7 Å². The third kappa shape index (κ3) is 5.30. The van der Waals surface area contributed by atoms with Gasteiger partial charge in [0, 0.05) is 33.2 Å². The van der Waals surface area contributed by atoms with Gasteiger partial charge in [0.25, 0.3) is 0 Å². The largest absolute Gasteiger partial charge is 0.450 e. The molecular weight excluding hydrogens is 677 g/mol. The van der Waals surface area contributed by atoms with E-state index in [9.17, 15) is 0 Å². The molecule has 2 aromatic heterocycles. The summed E-state index contributed by atoms with van der Waals surface area (Å²) >= 11 is 0. The second kappa shape index (κ2) is 12.7. The van der Waals surface area contributed by atoms with E-state index >= 15 is 0 Å². The lowest BCUT2D eigenvalue weighted by atomic mass is 10.0. The van der Waals surface area contributed by atoms with E-state index in [4.69, 9.17) is 24.4 Å². The van der Waals surface area contributed by atoms with Crippen molar-refractivity contribution in [3.05, 3.63) is 181 Å². The Morgan fingerprint density at radius 1 is 0.455 bits per heavy atom. The number of ether oxygens (including phenoxy) is 2. The van der Waals surface area contributed by atoms with Gasteiger partial charge < -0.3 is 14.0 Å². The van der Waals surface area contributed by atoms with Crippen LogP contribution >= 0.6 is 0 Å². The van der Waals surface area contributed by atoms with Crippen LogP contribution < -0.4 is 9.47 Å². The number of hydrogen-bond acceptors (Lipinski definition) is 5. The van der Waals surface area contributed by atoms with Crippen molar-refractivity contribution in [1.82, 2.24) is 19.5 Å². The molecule has 0 bridgehead atoms. The van der Waals surface area contributed by atoms with E-state index in [2.05, 4.69) is 108 Å². The molecule has 6 heteroatoms. The number of hydrogen-bond donors (Lipinski definition) is 0. The van der Waals surface area contributed by atoms with Crippen LogP contribution in [0.3, 0.4) is 0 Å². The molecule has 0 fully saturated rings. The van der Waals surface area contributed by atoms with Gasteiger partial charge in [-0.3, -0.25) is 0 Å². The Morgan fingerprint density at radius 2 is 1.05 bits per heavy atom. The van der Waals surface area contributed by atoms with E-state index in [0.717, 1.165) is 91.2 Å². The minimum absolute atomic E-state index is 0.623. The molecule has 0 atom stereocenters. The summed E-state index contributed by atoms with van der Waals surface area (Å²) in [5.41, 5.74) is 8.16. The van der Waals surface area contributed by atoms with Crippen LogP contribution in [0, 0.1) is 0 Å². The maximum absolute atomic E-state index is 6.68. The third-order valence-electron chi connectivity index (χ3n) is 10.5. The van der Waals surface area contributed by atoms with Gasteiger partial charge in [-0.25, -0.2) is 15.0 Å². The molecule has 55 heavy (non-hydrogen) atoms. The molecule has 0 N–H and O–H groups in total. The summed E-state index contributed by atoms with van der Waals surface area (Å²) in [6.45, 7) is 0. The maximum atomic E-state index is 6.68. The summed E-state index contributed by atoms with van der Waals surface area (Å²) < 4.78 is 15.5. The highest BCUT2D eigenvalue weighted by atomic mass is 16.6. The molecule has 3 heterocycles. The fourth-order valence-electron chi connectivity index (χ4n) is 7.91. The predicted molar refractivity (Wildman–Crippen MR) is 220 cm³/mol. The zero-order valence-corrected chi connectivity index (χ0v) is 29.7. The van der Waals surface area contributed by atoms with Gasteiger partial charge in [-0.1, -0.05) is 127 Å². The highest BCUT2D eigenvalue weighted by Crippen LogP contribution is 2.49. The molecule has 0 saturated heterocycles. The van der Waals surface area contributed by atoms with Crippen LogP contribution in [-0.2, 0) is 0 Å². The zero-order valence-electron chi connectivity index (χ0n) is 29.7. The molecule has 6 nitrogen and oxygen atoms in total. The molecule has 0 saturated carbocycles.